The maximum Gasteiger partial charge on any atom is 0.252 e. The molecule has 4 heteroatoms. The first-order valence-electron chi connectivity index (χ1n) is 6.92. The van der Waals surface area contributed by atoms with Crippen molar-refractivity contribution in [1.82, 2.24) is 5.32 Å². The van der Waals surface area contributed by atoms with E-state index in [2.05, 4.69) is 5.32 Å². The van der Waals surface area contributed by atoms with Crippen LogP contribution in [0.2, 0.25) is 0 Å². The number of rotatable bonds is 5. The molecule has 0 fully saturated rings. The average molecular weight is 303 g/mol. The van der Waals surface area contributed by atoms with E-state index in [-0.39, 0.29) is 17.8 Å². The first-order chi connectivity index (χ1) is 10.1. The summed E-state index contributed by atoms with van der Waals surface area (Å²) in [7, 11) is 0. The maximum atomic E-state index is 13.0. The molecule has 0 saturated carbocycles. The van der Waals surface area contributed by atoms with E-state index < -0.39 is 0 Å². The van der Waals surface area contributed by atoms with Crippen LogP contribution in [0, 0.1) is 5.82 Å². The van der Waals surface area contributed by atoms with Gasteiger partial charge in [-0.1, -0.05) is 25.1 Å². The quantitative estimate of drug-likeness (QED) is 0.818. The summed E-state index contributed by atoms with van der Waals surface area (Å²) in [6.07, 6.45) is 2.67. The number of carbonyl (C=O) groups is 1. The summed E-state index contributed by atoms with van der Waals surface area (Å²) in [5.74, 6) is -0.384. The molecule has 2 nitrogen and oxygen atoms in total. The van der Waals surface area contributed by atoms with E-state index in [1.54, 1.807) is 18.2 Å². The number of thiophene rings is 1. The summed E-state index contributed by atoms with van der Waals surface area (Å²) in [6.45, 7) is 4.00. The third-order valence-electron chi connectivity index (χ3n) is 3.20. The fourth-order valence-corrected chi connectivity index (χ4v) is 2.55. The summed E-state index contributed by atoms with van der Waals surface area (Å²) in [5, 5.41) is 4.91. The normalized spacial score (nSPS) is 13.0. The van der Waals surface area contributed by atoms with Gasteiger partial charge in [-0.3, -0.25) is 4.79 Å². The largest absolute Gasteiger partial charge is 0.350 e. The topological polar surface area (TPSA) is 29.1 Å². The standard InChI is InChI=1S/C17H18FNOS/c1-3-12(2)19-17(20)15(16-5-4-10-21-16)11-13-6-8-14(18)9-7-13/h4-12H,3H2,1-2H3,(H,19,20)/b15-11+/t12-/m1/s1. The van der Waals surface area contributed by atoms with Crippen LogP contribution in [-0.2, 0) is 4.79 Å². The van der Waals surface area contributed by atoms with Crippen molar-refractivity contribution in [2.24, 2.45) is 0 Å². The van der Waals surface area contributed by atoms with Gasteiger partial charge < -0.3 is 5.32 Å². The molecule has 0 spiro atoms. The molecular weight excluding hydrogens is 285 g/mol. The summed E-state index contributed by atoms with van der Waals surface area (Å²) in [6, 6.07) is 10.1. The Bertz CT molecular complexity index is 617. The van der Waals surface area contributed by atoms with Crippen LogP contribution in [0.1, 0.15) is 30.7 Å². The number of halogens is 1. The Morgan fingerprint density at radius 2 is 2.05 bits per heavy atom. The van der Waals surface area contributed by atoms with Crippen molar-refractivity contribution in [2.45, 2.75) is 26.3 Å². The maximum absolute atomic E-state index is 13.0. The van der Waals surface area contributed by atoms with Gasteiger partial charge in [0.05, 0.1) is 5.57 Å². The third kappa shape index (κ3) is 4.26. The van der Waals surface area contributed by atoms with Crippen LogP contribution < -0.4 is 5.32 Å². The lowest BCUT2D eigenvalue weighted by molar-refractivity contribution is -0.116. The molecular formula is C17H18FNOS. The number of amides is 1. The lowest BCUT2D eigenvalue weighted by atomic mass is 10.1. The molecule has 0 aliphatic rings. The Morgan fingerprint density at radius 3 is 2.62 bits per heavy atom. The van der Waals surface area contributed by atoms with E-state index in [4.69, 9.17) is 0 Å². The van der Waals surface area contributed by atoms with Gasteiger partial charge in [-0.05, 0) is 48.6 Å². The Labute approximate surface area is 128 Å². The van der Waals surface area contributed by atoms with Gasteiger partial charge in [-0.2, -0.15) is 0 Å². The number of carbonyl (C=O) groups excluding carboxylic acids is 1. The predicted molar refractivity (Wildman–Crippen MR) is 86.5 cm³/mol. The van der Waals surface area contributed by atoms with Crippen molar-refractivity contribution in [3.63, 3.8) is 0 Å². The van der Waals surface area contributed by atoms with E-state index in [0.717, 1.165) is 16.9 Å². The summed E-state index contributed by atoms with van der Waals surface area (Å²) >= 11 is 1.51. The zero-order valence-corrected chi connectivity index (χ0v) is 12.9. The lowest BCUT2D eigenvalue weighted by Crippen LogP contribution is -2.32. The molecule has 2 rings (SSSR count). The van der Waals surface area contributed by atoms with Crippen molar-refractivity contribution < 1.29 is 9.18 Å². The van der Waals surface area contributed by atoms with Crippen molar-refractivity contribution in [3.8, 4) is 0 Å². The number of nitrogens with one attached hydrogen (secondary N) is 1. The second-order valence-electron chi connectivity index (χ2n) is 4.87. The Hall–Kier alpha value is -1.94. The fraction of sp³-hybridized carbons (Fsp3) is 0.235. The molecule has 1 aromatic carbocycles. The second-order valence-corrected chi connectivity index (χ2v) is 5.82. The van der Waals surface area contributed by atoms with Gasteiger partial charge in [0.2, 0.25) is 0 Å². The first kappa shape index (κ1) is 15.4. The molecule has 1 amide bonds. The number of hydrogen-bond donors (Lipinski definition) is 1. The first-order valence-corrected chi connectivity index (χ1v) is 7.80. The van der Waals surface area contributed by atoms with Gasteiger partial charge in [0.25, 0.3) is 5.91 Å². The summed E-state index contributed by atoms with van der Waals surface area (Å²) in [5.41, 5.74) is 1.41. The minimum Gasteiger partial charge on any atom is -0.350 e. The second kappa shape index (κ2) is 7.18. The van der Waals surface area contributed by atoms with Crippen molar-refractivity contribution >= 4 is 28.9 Å². The van der Waals surface area contributed by atoms with E-state index in [1.807, 2.05) is 31.4 Å². The van der Waals surface area contributed by atoms with Gasteiger partial charge in [0, 0.05) is 10.9 Å². The molecule has 0 aliphatic heterocycles. The Balaban J connectivity index is 2.32. The highest BCUT2D eigenvalue weighted by Gasteiger charge is 2.14. The molecule has 21 heavy (non-hydrogen) atoms. The Kier molecular flexibility index (Phi) is 5.28. The monoisotopic (exact) mass is 303 g/mol. The van der Waals surface area contributed by atoms with Crippen molar-refractivity contribution in [1.29, 1.82) is 0 Å². The molecule has 1 atom stereocenters. The molecule has 0 aliphatic carbocycles. The molecule has 0 bridgehead atoms. The minimum atomic E-state index is -0.283. The smallest absolute Gasteiger partial charge is 0.252 e. The minimum absolute atomic E-state index is 0.101. The summed E-state index contributed by atoms with van der Waals surface area (Å²) < 4.78 is 13.0. The van der Waals surface area contributed by atoms with Crippen LogP contribution in [0.5, 0.6) is 0 Å². The van der Waals surface area contributed by atoms with Crippen LogP contribution in [0.4, 0.5) is 4.39 Å². The Morgan fingerprint density at radius 1 is 1.33 bits per heavy atom. The average Bonchev–Trinajstić information content (AvgIpc) is 3.00. The van der Waals surface area contributed by atoms with E-state index in [9.17, 15) is 9.18 Å². The lowest BCUT2D eigenvalue weighted by Gasteiger charge is -2.13. The highest BCUT2D eigenvalue weighted by atomic mass is 32.1. The van der Waals surface area contributed by atoms with E-state index in [1.165, 1.54) is 23.5 Å². The fourth-order valence-electron chi connectivity index (χ4n) is 1.81. The molecule has 1 heterocycles. The zero-order chi connectivity index (χ0) is 15.2. The molecule has 0 saturated heterocycles. The molecule has 2 aromatic rings. The summed E-state index contributed by atoms with van der Waals surface area (Å²) in [4.78, 5) is 13.3. The zero-order valence-electron chi connectivity index (χ0n) is 12.1. The molecule has 0 radical (unpaired) electrons. The van der Waals surface area contributed by atoms with Gasteiger partial charge >= 0.3 is 0 Å². The van der Waals surface area contributed by atoms with E-state index >= 15 is 0 Å². The van der Waals surface area contributed by atoms with Gasteiger partial charge in [-0.25, -0.2) is 4.39 Å². The predicted octanol–water partition coefficient (Wildman–Crippen LogP) is 4.34. The van der Waals surface area contributed by atoms with Gasteiger partial charge in [0.15, 0.2) is 0 Å². The highest BCUT2D eigenvalue weighted by molar-refractivity contribution is 7.11. The van der Waals surface area contributed by atoms with Crippen molar-refractivity contribution in [2.75, 3.05) is 0 Å². The SMILES string of the molecule is CC[C@@H](C)NC(=O)/C(=C/c1ccc(F)cc1)c1cccs1. The van der Waals surface area contributed by atoms with Crippen LogP contribution in [-0.4, -0.2) is 11.9 Å². The van der Waals surface area contributed by atoms with E-state index in [0.29, 0.717) is 5.57 Å². The number of hydrogen-bond acceptors (Lipinski definition) is 2. The molecule has 110 valence electrons. The molecule has 1 aromatic heterocycles. The van der Waals surface area contributed by atoms with Crippen LogP contribution in [0.3, 0.4) is 0 Å². The third-order valence-corrected chi connectivity index (χ3v) is 4.11. The van der Waals surface area contributed by atoms with Crippen molar-refractivity contribution in [3.05, 3.63) is 58.0 Å². The number of benzene rings is 1. The molecule has 0 unspecified atom stereocenters. The van der Waals surface area contributed by atoms with Crippen LogP contribution in [0.15, 0.2) is 41.8 Å². The van der Waals surface area contributed by atoms with Gasteiger partial charge in [0.1, 0.15) is 5.82 Å². The van der Waals surface area contributed by atoms with Gasteiger partial charge in [-0.15, -0.1) is 11.3 Å². The van der Waals surface area contributed by atoms with Crippen LogP contribution in [0.25, 0.3) is 11.6 Å². The van der Waals surface area contributed by atoms with Crippen LogP contribution >= 0.6 is 11.3 Å². The molecule has 1 N–H and O–H groups in total. The highest BCUT2D eigenvalue weighted by Crippen LogP contribution is 2.23.